The van der Waals surface area contributed by atoms with E-state index in [-0.39, 0.29) is 0 Å². The molecule has 0 spiro atoms. The topological polar surface area (TPSA) is 18.5 Å². The molecule has 1 aromatic carbocycles. The largest absolute Gasteiger partial charge is 0.497 e. The number of allylic oxidation sites excluding steroid dienone is 2. The predicted molar refractivity (Wildman–Crippen MR) is 56.8 cm³/mol. The highest BCUT2D eigenvalue weighted by Crippen LogP contribution is 2.36. The molecule has 0 aliphatic heterocycles. The zero-order valence-electron chi connectivity index (χ0n) is 8.54. The molecular formula is C12H14O2. The van der Waals surface area contributed by atoms with Crippen molar-refractivity contribution in [3.63, 3.8) is 0 Å². The Morgan fingerprint density at radius 1 is 1.14 bits per heavy atom. The van der Waals surface area contributed by atoms with Gasteiger partial charge in [0.05, 0.1) is 14.2 Å². The van der Waals surface area contributed by atoms with Crippen molar-refractivity contribution in [2.24, 2.45) is 0 Å². The van der Waals surface area contributed by atoms with Gasteiger partial charge in [0.25, 0.3) is 0 Å². The molecule has 0 unspecified atom stereocenters. The van der Waals surface area contributed by atoms with E-state index >= 15 is 0 Å². The van der Waals surface area contributed by atoms with E-state index in [2.05, 4.69) is 12.1 Å². The highest BCUT2D eigenvalue weighted by Gasteiger charge is 2.13. The Bertz CT molecular complexity index is 367. The molecule has 0 aromatic heterocycles. The van der Waals surface area contributed by atoms with E-state index < -0.39 is 0 Å². The molecule has 74 valence electrons. The Hall–Kier alpha value is -1.44. The lowest BCUT2D eigenvalue weighted by atomic mass is 9.91. The third kappa shape index (κ3) is 1.48. The number of ether oxygens (including phenoxy) is 2. The van der Waals surface area contributed by atoms with Gasteiger partial charge in [-0.15, -0.1) is 0 Å². The second-order valence-electron chi connectivity index (χ2n) is 3.33. The van der Waals surface area contributed by atoms with Crippen molar-refractivity contribution in [1.82, 2.24) is 0 Å². The average Bonchev–Trinajstić information content (AvgIpc) is 2.16. The van der Waals surface area contributed by atoms with Crippen LogP contribution in [-0.4, -0.2) is 14.2 Å². The fourth-order valence-corrected chi connectivity index (χ4v) is 1.60. The quantitative estimate of drug-likeness (QED) is 0.729. The summed E-state index contributed by atoms with van der Waals surface area (Å²) in [5.74, 6) is 1.74. The third-order valence-corrected chi connectivity index (χ3v) is 2.56. The second-order valence-corrected chi connectivity index (χ2v) is 3.33. The van der Waals surface area contributed by atoms with E-state index in [0.29, 0.717) is 0 Å². The second kappa shape index (κ2) is 3.74. The maximum Gasteiger partial charge on any atom is 0.130 e. The fourth-order valence-electron chi connectivity index (χ4n) is 1.60. The van der Waals surface area contributed by atoms with E-state index in [0.717, 1.165) is 17.9 Å². The minimum Gasteiger partial charge on any atom is -0.497 e. The lowest BCUT2D eigenvalue weighted by Gasteiger charge is -2.18. The van der Waals surface area contributed by atoms with Gasteiger partial charge in [0.1, 0.15) is 11.5 Å². The summed E-state index contributed by atoms with van der Waals surface area (Å²) in [6.07, 6.45) is 4.58. The van der Waals surface area contributed by atoms with Crippen molar-refractivity contribution >= 4 is 5.57 Å². The summed E-state index contributed by atoms with van der Waals surface area (Å²) in [6, 6.07) is 5.95. The van der Waals surface area contributed by atoms with Crippen LogP contribution in [0.25, 0.3) is 5.57 Å². The Balaban J connectivity index is 2.39. The zero-order chi connectivity index (χ0) is 9.97. The number of hydrogen-bond acceptors (Lipinski definition) is 2. The monoisotopic (exact) mass is 190 g/mol. The van der Waals surface area contributed by atoms with Gasteiger partial charge in [-0.3, -0.25) is 0 Å². The van der Waals surface area contributed by atoms with Crippen LogP contribution >= 0.6 is 0 Å². The normalized spacial score (nSPS) is 14.3. The number of hydrogen-bond donors (Lipinski definition) is 0. The molecular weight excluding hydrogens is 176 g/mol. The highest BCUT2D eigenvalue weighted by molar-refractivity contribution is 5.74. The minimum atomic E-state index is 0.838. The van der Waals surface area contributed by atoms with E-state index in [1.54, 1.807) is 14.2 Å². The maximum absolute atomic E-state index is 5.32. The van der Waals surface area contributed by atoms with Crippen LogP contribution in [0.3, 0.4) is 0 Å². The van der Waals surface area contributed by atoms with E-state index in [1.165, 1.54) is 17.6 Å². The van der Waals surface area contributed by atoms with Gasteiger partial charge in [-0.05, 0) is 30.5 Å². The van der Waals surface area contributed by atoms with Gasteiger partial charge in [0, 0.05) is 11.6 Å². The molecule has 1 aromatic rings. The first-order valence-corrected chi connectivity index (χ1v) is 4.76. The molecule has 0 radical (unpaired) electrons. The summed E-state index contributed by atoms with van der Waals surface area (Å²) in [4.78, 5) is 0. The molecule has 0 bridgehead atoms. The first kappa shape index (κ1) is 9.13. The van der Waals surface area contributed by atoms with Crippen LogP contribution in [0.5, 0.6) is 11.5 Å². The first-order chi connectivity index (χ1) is 6.85. The fraction of sp³-hybridized carbons (Fsp3) is 0.333. The molecule has 0 fully saturated rings. The smallest absolute Gasteiger partial charge is 0.130 e. The van der Waals surface area contributed by atoms with Crippen molar-refractivity contribution in [3.05, 3.63) is 29.8 Å². The standard InChI is InChI=1S/C12H14O2/c1-13-10-6-7-11(9-4-3-5-9)12(8-10)14-2/h4,6-8H,3,5H2,1-2H3. The third-order valence-electron chi connectivity index (χ3n) is 2.56. The van der Waals surface area contributed by atoms with Crippen LogP contribution in [0.2, 0.25) is 0 Å². The molecule has 0 amide bonds. The molecule has 0 N–H and O–H groups in total. The van der Waals surface area contributed by atoms with Crippen molar-refractivity contribution in [2.75, 3.05) is 14.2 Å². The van der Waals surface area contributed by atoms with Crippen LogP contribution < -0.4 is 9.47 Å². The predicted octanol–water partition coefficient (Wildman–Crippen LogP) is 2.88. The molecule has 2 nitrogen and oxygen atoms in total. The highest BCUT2D eigenvalue weighted by atomic mass is 16.5. The summed E-state index contributed by atoms with van der Waals surface area (Å²) < 4.78 is 10.5. The molecule has 0 atom stereocenters. The summed E-state index contributed by atoms with van der Waals surface area (Å²) in [6.45, 7) is 0. The lowest BCUT2D eigenvalue weighted by Crippen LogP contribution is -1.97. The number of rotatable bonds is 3. The van der Waals surface area contributed by atoms with Gasteiger partial charge >= 0.3 is 0 Å². The average molecular weight is 190 g/mol. The molecule has 14 heavy (non-hydrogen) atoms. The zero-order valence-corrected chi connectivity index (χ0v) is 8.54. The Morgan fingerprint density at radius 3 is 2.43 bits per heavy atom. The van der Waals surface area contributed by atoms with E-state index in [4.69, 9.17) is 9.47 Å². The van der Waals surface area contributed by atoms with Gasteiger partial charge in [-0.25, -0.2) is 0 Å². The molecule has 0 saturated heterocycles. The summed E-state index contributed by atoms with van der Waals surface area (Å²) in [5, 5.41) is 0. The van der Waals surface area contributed by atoms with E-state index in [9.17, 15) is 0 Å². The van der Waals surface area contributed by atoms with Crippen LogP contribution in [0.1, 0.15) is 18.4 Å². The van der Waals surface area contributed by atoms with Crippen LogP contribution in [-0.2, 0) is 0 Å². The van der Waals surface area contributed by atoms with Gasteiger partial charge in [0.2, 0.25) is 0 Å². The van der Waals surface area contributed by atoms with Crippen molar-refractivity contribution in [1.29, 1.82) is 0 Å². The summed E-state index contributed by atoms with van der Waals surface area (Å²) in [5.41, 5.74) is 2.57. The van der Waals surface area contributed by atoms with Crippen LogP contribution in [0.4, 0.5) is 0 Å². The molecule has 2 rings (SSSR count). The number of methoxy groups -OCH3 is 2. The van der Waals surface area contributed by atoms with Gasteiger partial charge in [-0.1, -0.05) is 6.08 Å². The maximum atomic E-state index is 5.32. The summed E-state index contributed by atoms with van der Waals surface area (Å²) >= 11 is 0. The molecule has 1 aliphatic carbocycles. The number of benzene rings is 1. The Morgan fingerprint density at radius 2 is 1.93 bits per heavy atom. The van der Waals surface area contributed by atoms with Crippen LogP contribution in [0, 0.1) is 0 Å². The molecule has 0 heterocycles. The van der Waals surface area contributed by atoms with Crippen molar-refractivity contribution in [3.8, 4) is 11.5 Å². The Labute approximate surface area is 84.2 Å². The summed E-state index contributed by atoms with van der Waals surface area (Å²) in [7, 11) is 3.36. The molecule has 1 aliphatic rings. The Kier molecular flexibility index (Phi) is 2.44. The van der Waals surface area contributed by atoms with Crippen molar-refractivity contribution in [2.45, 2.75) is 12.8 Å². The van der Waals surface area contributed by atoms with Crippen LogP contribution in [0.15, 0.2) is 24.3 Å². The van der Waals surface area contributed by atoms with Crippen molar-refractivity contribution < 1.29 is 9.47 Å². The minimum absolute atomic E-state index is 0.838. The van der Waals surface area contributed by atoms with Gasteiger partial charge in [-0.2, -0.15) is 0 Å². The molecule has 0 saturated carbocycles. The first-order valence-electron chi connectivity index (χ1n) is 4.76. The lowest BCUT2D eigenvalue weighted by molar-refractivity contribution is 0.393. The van der Waals surface area contributed by atoms with Gasteiger partial charge in [0.15, 0.2) is 0 Å². The molecule has 2 heteroatoms. The SMILES string of the molecule is COc1ccc(C2=CCC2)c(OC)c1. The van der Waals surface area contributed by atoms with Gasteiger partial charge < -0.3 is 9.47 Å². The van der Waals surface area contributed by atoms with E-state index in [1.807, 2.05) is 12.1 Å².